The minimum atomic E-state index is -0.184. The van der Waals surface area contributed by atoms with Crippen molar-refractivity contribution in [2.75, 3.05) is 5.32 Å². The third-order valence-corrected chi connectivity index (χ3v) is 5.15. The summed E-state index contributed by atoms with van der Waals surface area (Å²) < 4.78 is 3.41. The van der Waals surface area contributed by atoms with E-state index in [1.807, 2.05) is 65.3 Å². The highest BCUT2D eigenvalue weighted by molar-refractivity contribution is 5.95. The highest BCUT2D eigenvalue weighted by Crippen LogP contribution is 2.27. The van der Waals surface area contributed by atoms with Gasteiger partial charge in [-0.3, -0.25) is 14.2 Å². The van der Waals surface area contributed by atoms with Crippen molar-refractivity contribution in [1.29, 1.82) is 0 Å². The van der Waals surface area contributed by atoms with Gasteiger partial charge in [0.25, 0.3) is 5.56 Å². The largest absolute Gasteiger partial charge is 0.325 e. The molecule has 0 fully saturated rings. The van der Waals surface area contributed by atoms with Gasteiger partial charge in [0, 0.05) is 30.9 Å². The molecule has 0 unspecified atom stereocenters. The number of benzene rings is 2. The molecule has 0 saturated carbocycles. The van der Waals surface area contributed by atoms with Crippen LogP contribution in [0.5, 0.6) is 0 Å². The van der Waals surface area contributed by atoms with Gasteiger partial charge in [-0.1, -0.05) is 36.4 Å². The number of carbonyl (C=O) groups excluding carboxylic acids is 1. The van der Waals surface area contributed by atoms with Crippen molar-refractivity contribution < 1.29 is 4.79 Å². The summed E-state index contributed by atoms with van der Waals surface area (Å²) in [5.41, 5.74) is 3.63. The number of aromatic nitrogens is 4. The van der Waals surface area contributed by atoms with Crippen LogP contribution in [-0.4, -0.2) is 24.8 Å². The van der Waals surface area contributed by atoms with Crippen molar-refractivity contribution >= 4 is 28.1 Å². The maximum atomic E-state index is 12.6. The number of nitrogens with zero attached hydrogens (tertiary/aromatic N) is 4. The summed E-state index contributed by atoms with van der Waals surface area (Å²) in [5.74, 6) is -0.184. The predicted octanol–water partition coefficient (Wildman–Crippen LogP) is 3.74. The van der Waals surface area contributed by atoms with E-state index in [2.05, 4.69) is 15.3 Å². The first-order chi connectivity index (χ1) is 15.2. The molecule has 0 aliphatic rings. The van der Waals surface area contributed by atoms with Gasteiger partial charge in [-0.2, -0.15) is 0 Å². The molecule has 0 aliphatic heterocycles. The number of nitrogens with one attached hydrogen (secondary N) is 1. The monoisotopic (exact) mass is 409 g/mol. The van der Waals surface area contributed by atoms with Crippen LogP contribution in [0.4, 0.5) is 5.69 Å². The predicted molar refractivity (Wildman–Crippen MR) is 120 cm³/mol. The highest BCUT2D eigenvalue weighted by Gasteiger charge is 2.12. The van der Waals surface area contributed by atoms with Crippen LogP contribution in [0.2, 0.25) is 0 Å². The van der Waals surface area contributed by atoms with Crippen LogP contribution in [-0.2, 0) is 11.3 Å². The number of para-hydroxylation sites is 2. The second-order valence-electron chi connectivity index (χ2n) is 7.20. The molecule has 1 N–H and O–H groups in total. The molecule has 7 heteroatoms. The van der Waals surface area contributed by atoms with E-state index >= 15 is 0 Å². The smallest absolute Gasteiger partial charge is 0.261 e. The second kappa shape index (κ2) is 7.87. The Labute approximate surface area is 177 Å². The zero-order chi connectivity index (χ0) is 21.2. The van der Waals surface area contributed by atoms with Gasteiger partial charge in [-0.25, -0.2) is 9.97 Å². The molecule has 0 bridgehead atoms. The Morgan fingerprint density at radius 2 is 1.77 bits per heavy atom. The molecule has 5 rings (SSSR count). The number of hydrogen-bond donors (Lipinski definition) is 1. The number of carbonyl (C=O) groups is 1. The zero-order valence-electron chi connectivity index (χ0n) is 16.6. The molecule has 0 atom stereocenters. The summed E-state index contributed by atoms with van der Waals surface area (Å²) in [6.45, 7) is 0.249. The van der Waals surface area contributed by atoms with E-state index in [1.54, 1.807) is 18.2 Å². The van der Waals surface area contributed by atoms with Crippen molar-refractivity contribution in [1.82, 2.24) is 18.9 Å². The number of imidazole rings is 1. The average molecular weight is 409 g/mol. The Bertz CT molecular complexity index is 1430. The zero-order valence-corrected chi connectivity index (χ0v) is 16.6. The fourth-order valence-corrected chi connectivity index (χ4v) is 3.58. The summed E-state index contributed by atoms with van der Waals surface area (Å²) in [6.07, 6.45) is 5.50. The maximum Gasteiger partial charge on any atom is 0.261 e. The number of fused-ring (bicyclic) bond motifs is 2. The number of anilines is 1. The lowest BCUT2D eigenvalue weighted by molar-refractivity contribution is -0.116. The second-order valence-corrected chi connectivity index (χ2v) is 7.20. The third-order valence-electron chi connectivity index (χ3n) is 5.15. The highest BCUT2D eigenvalue weighted by atomic mass is 16.2. The molecule has 3 heterocycles. The summed E-state index contributed by atoms with van der Waals surface area (Å²) in [4.78, 5) is 34.2. The molecule has 152 valence electrons. The normalized spacial score (nSPS) is 11.1. The van der Waals surface area contributed by atoms with E-state index in [4.69, 9.17) is 0 Å². The molecule has 0 spiro atoms. The van der Waals surface area contributed by atoms with E-state index in [1.165, 1.54) is 10.9 Å². The summed E-state index contributed by atoms with van der Waals surface area (Å²) in [7, 11) is 0. The van der Waals surface area contributed by atoms with Crippen LogP contribution in [0.3, 0.4) is 0 Å². The van der Waals surface area contributed by atoms with Crippen LogP contribution in [0.1, 0.15) is 6.42 Å². The van der Waals surface area contributed by atoms with Crippen LogP contribution >= 0.6 is 0 Å². The minimum Gasteiger partial charge on any atom is -0.325 e. The van der Waals surface area contributed by atoms with Crippen molar-refractivity contribution in [2.24, 2.45) is 0 Å². The first-order valence-electron chi connectivity index (χ1n) is 9.96. The number of aryl methyl sites for hydroxylation is 1. The first kappa shape index (κ1) is 18.7. The first-order valence-corrected chi connectivity index (χ1v) is 9.96. The van der Waals surface area contributed by atoms with Gasteiger partial charge >= 0.3 is 0 Å². The Morgan fingerprint density at radius 1 is 0.968 bits per heavy atom. The third kappa shape index (κ3) is 3.69. The Kier molecular flexibility index (Phi) is 4.76. The Balaban J connectivity index is 1.35. The molecular formula is C24H19N5O2. The summed E-state index contributed by atoms with van der Waals surface area (Å²) in [5, 5.41) is 3.50. The molecule has 3 aromatic heterocycles. The van der Waals surface area contributed by atoms with E-state index in [-0.39, 0.29) is 24.4 Å². The van der Waals surface area contributed by atoms with Crippen molar-refractivity contribution in [3.05, 3.63) is 95.8 Å². The van der Waals surface area contributed by atoms with Crippen molar-refractivity contribution in [2.45, 2.75) is 13.0 Å². The van der Waals surface area contributed by atoms with Crippen molar-refractivity contribution in [3.8, 4) is 11.3 Å². The fraction of sp³-hybridized carbons (Fsp3) is 0.0833. The van der Waals surface area contributed by atoms with E-state index < -0.39 is 0 Å². The van der Waals surface area contributed by atoms with Gasteiger partial charge < -0.3 is 9.72 Å². The lowest BCUT2D eigenvalue weighted by atomic mass is 10.1. The van der Waals surface area contributed by atoms with Gasteiger partial charge in [0.2, 0.25) is 5.91 Å². The van der Waals surface area contributed by atoms with Gasteiger partial charge in [0.15, 0.2) is 0 Å². The lowest BCUT2D eigenvalue weighted by Gasteiger charge is -2.10. The van der Waals surface area contributed by atoms with E-state index in [9.17, 15) is 9.59 Å². The molecule has 0 radical (unpaired) electrons. The Morgan fingerprint density at radius 3 is 2.68 bits per heavy atom. The molecule has 0 saturated heterocycles. The standard InChI is InChI=1S/C24H19N5O2/c30-23(12-14-29-16-25-19-9-3-2-8-18(19)24(29)31)27-20-10-4-1-7-17(20)21-15-28-13-6-5-11-22(28)26-21/h1-11,13,15-16H,12,14H2,(H,27,30). The number of amides is 1. The molecule has 2 aromatic carbocycles. The lowest BCUT2D eigenvalue weighted by Crippen LogP contribution is -2.23. The minimum absolute atomic E-state index is 0.150. The van der Waals surface area contributed by atoms with Crippen LogP contribution in [0, 0.1) is 0 Å². The van der Waals surface area contributed by atoms with Gasteiger partial charge in [0.1, 0.15) is 5.65 Å². The van der Waals surface area contributed by atoms with Crippen LogP contribution in [0.25, 0.3) is 27.8 Å². The maximum absolute atomic E-state index is 12.6. The molecule has 5 aromatic rings. The molecule has 1 amide bonds. The molecule has 7 nitrogen and oxygen atoms in total. The number of rotatable bonds is 5. The number of pyridine rings is 1. The van der Waals surface area contributed by atoms with Crippen molar-refractivity contribution in [3.63, 3.8) is 0 Å². The van der Waals surface area contributed by atoms with Crippen LogP contribution in [0.15, 0.2) is 90.2 Å². The van der Waals surface area contributed by atoms with Gasteiger partial charge in [-0.05, 0) is 30.3 Å². The molecule has 0 aliphatic carbocycles. The SMILES string of the molecule is O=C(CCn1cnc2ccccc2c1=O)Nc1ccccc1-c1cn2ccccc2n1. The van der Waals surface area contributed by atoms with Crippen LogP contribution < -0.4 is 10.9 Å². The fourth-order valence-electron chi connectivity index (χ4n) is 3.58. The summed E-state index contributed by atoms with van der Waals surface area (Å²) in [6, 6.07) is 20.5. The molecule has 31 heavy (non-hydrogen) atoms. The summed E-state index contributed by atoms with van der Waals surface area (Å²) >= 11 is 0. The molecular weight excluding hydrogens is 390 g/mol. The average Bonchev–Trinajstić information content (AvgIpc) is 3.23. The van der Waals surface area contributed by atoms with E-state index in [0.29, 0.717) is 16.6 Å². The van der Waals surface area contributed by atoms with E-state index in [0.717, 1.165) is 16.9 Å². The van der Waals surface area contributed by atoms with Gasteiger partial charge in [-0.15, -0.1) is 0 Å². The quantitative estimate of drug-likeness (QED) is 0.479. The van der Waals surface area contributed by atoms with Gasteiger partial charge in [0.05, 0.1) is 28.6 Å². The Hall–Kier alpha value is -4.26. The number of hydrogen-bond acceptors (Lipinski definition) is 4. The topological polar surface area (TPSA) is 81.3 Å².